The molecule has 146 valence electrons. The van der Waals surface area contributed by atoms with E-state index >= 15 is 0 Å². The van der Waals surface area contributed by atoms with Crippen LogP contribution in [0.3, 0.4) is 0 Å². The van der Waals surface area contributed by atoms with Crippen molar-refractivity contribution in [3.8, 4) is 0 Å². The number of carbonyl (C=O) groups is 1. The van der Waals surface area contributed by atoms with Crippen molar-refractivity contribution in [3.05, 3.63) is 23.0 Å². The van der Waals surface area contributed by atoms with Crippen LogP contribution >= 0.6 is 0 Å². The molecule has 2 fully saturated rings. The molecule has 6 heteroatoms. The van der Waals surface area contributed by atoms with Gasteiger partial charge < -0.3 is 14.7 Å². The molecule has 2 saturated heterocycles. The number of nitrogens with zero attached hydrogens (tertiary/aromatic N) is 3. The standard InChI is InChI=1S/C21H30N4O2/c1-13(2)17-11-16(19-14(3)24-27-21(19)23-17)20(26)22-12-15-7-6-10-25-9-5-4-8-18(15)25/h11,13,15,18H,4-10,12H2,1-3H3,(H,22,26)/t15-,18-/m1/s1. The zero-order chi connectivity index (χ0) is 19.0. The molecule has 0 radical (unpaired) electrons. The van der Waals surface area contributed by atoms with E-state index in [9.17, 15) is 4.79 Å². The van der Waals surface area contributed by atoms with E-state index in [1.807, 2.05) is 13.0 Å². The van der Waals surface area contributed by atoms with Gasteiger partial charge in [0.2, 0.25) is 0 Å². The number of pyridine rings is 1. The summed E-state index contributed by atoms with van der Waals surface area (Å²) < 4.78 is 5.35. The Bertz CT molecular complexity index is 827. The summed E-state index contributed by atoms with van der Waals surface area (Å²) in [6, 6.07) is 2.54. The summed E-state index contributed by atoms with van der Waals surface area (Å²) >= 11 is 0. The Labute approximate surface area is 160 Å². The van der Waals surface area contributed by atoms with Crippen LogP contribution in [-0.2, 0) is 0 Å². The fourth-order valence-corrected chi connectivity index (χ4v) is 4.72. The van der Waals surface area contributed by atoms with Gasteiger partial charge in [0, 0.05) is 18.3 Å². The fourth-order valence-electron chi connectivity index (χ4n) is 4.72. The first kappa shape index (κ1) is 18.4. The third-order valence-corrected chi connectivity index (χ3v) is 6.23. The molecule has 2 aromatic rings. The SMILES string of the molecule is Cc1noc2nc(C(C)C)cc(C(=O)NC[C@H]3CCCN4CCCC[C@H]34)c12. The molecule has 2 atom stereocenters. The highest BCUT2D eigenvalue weighted by Gasteiger charge is 2.33. The maximum absolute atomic E-state index is 13.1. The van der Waals surface area contributed by atoms with Crippen LogP contribution in [0.2, 0.25) is 0 Å². The monoisotopic (exact) mass is 370 g/mol. The first-order valence-electron chi connectivity index (χ1n) is 10.3. The second kappa shape index (κ2) is 7.58. The van der Waals surface area contributed by atoms with Gasteiger partial charge >= 0.3 is 0 Å². The van der Waals surface area contributed by atoms with E-state index in [2.05, 4.69) is 34.2 Å². The molecule has 1 N–H and O–H groups in total. The predicted octanol–water partition coefficient (Wildman–Crippen LogP) is 3.65. The van der Waals surface area contributed by atoms with Crippen molar-refractivity contribution in [2.45, 2.75) is 64.8 Å². The summed E-state index contributed by atoms with van der Waals surface area (Å²) in [6.07, 6.45) is 6.33. The van der Waals surface area contributed by atoms with Gasteiger partial charge in [0.05, 0.1) is 16.6 Å². The van der Waals surface area contributed by atoms with Crippen LogP contribution in [0.5, 0.6) is 0 Å². The predicted molar refractivity (Wildman–Crippen MR) is 105 cm³/mol. The van der Waals surface area contributed by atoms with Gasteiger partial charge in [-0.15, -0.1) is 0 Å². The molecule has 0 unspecified atom stereocenters. The maximum Gasteiger partial charge on any atom is 0.259 e. The van der Waals surface area contributed by atoms with Crippen LogP contribution in [0, 0.1) is 12.8 Å². The minimum atomic E-state index is -0.0384. The topological polar surface area (TPSA) is 71.3 Å². The number of rotatable bonds is 4. The molecule has 0 bridgehead atoms. The first-order chi connectivity index (χ1) is 13.0. The Morgan fingerprint density at radius 3 is 2.93 bits per heavy atom. The zero-order valence-electron chi connectivity index (χ0n) is 16.6. The molecule has 0 aromatic carbocycles. The minimum Gasteiger partial charge on any atom is -0.352 e. The number of hydrogen-bond donors (Lipinski definition) is 1. The van der Waals surface area contributed by atoms with Crippen molar-refractivity contribution in [2.24, 2.45) is 5.92 Å². The fraction of sp³-hybridized carbons (Fsp3) is 0.667. The van der Waals surface area contributed by atoms with Crippen LogP contribution in [-0.4, -0.2) is 46.6 Å². The number of nitrogens with one attached hydrogen (secondary N) is 1. The van der Waals surface area contributed by atoms with Crippen molar-refractivity contribution in [1.82, 2.24) is 20.4 Å². The molecule has 27 heavy (non-hydrogen) atoms. The van der Waals surface area contributed by atoms with Crippen molar-refractivity contribution < 1.29 is 9.32 Å². The molecule has 2 aliphatic heterocycles. The Morgan fingerprint density at radius 2 is 2.11 bits per heavy atom. The van der Waals surface area contributed by atoms with Crippen molar-refractivity contribution in [2.75, 3.05) is 19.6 Å². The van der Waals surface area contributed by atoms with Gasteiger partial charge in [-0.2, -0.15) is 0 Å². The molecular formula is C21H30N4O2. The molecule has 0 saturated carbocycles. The quantitative estimate of drug-likeness (QED) is 0.889. The molecule has 1 amide bonds. The molecule has 4 heterocycles. The Kier molecular flexibility index (Phi) is 5.17. The van der Waals surface area contributed by atoms with Crippen molar-refractivity contribution in [3.63, 3.8) is 0 Å². The Hall–Kier alpha value is -1.95. The van der Waals surface area contributed by atoms with Crippen molar-refractivity contribution >= 4 is 17.0 Å². The lowest BCUT2D eigenvalue weighted by molar-refractivity contribution is 0.0576. The number of aryl methyl sites for hydroxylation is 1. The summed E-state index contributed by atoms with van der Waals surface area (Å²) in [5, 5.41) is 7.97. The number of carbonyl (C=O) groups excluding carboxylic acids is 1. The summed E-state index contributed by atoms with van der Waals surface area (Å²) in [5.41, 5.74) is 2.67. The van der Waals surface area contributed by atoms with Gasteiger partial charge in [0.1, 0.15) is 0 Å². The number of fused-ring (bicyclic) bond motifs is 2. The lowest BCUT2D eigenvalue weighted by Gasteiger charge is -2.44. The van der Waals surface area contributed by atoms with E-state index in [0.717, 1.165) is 17.6 Å². The lowest BCUT2D eigenvalue weighted by atomic mass is 9.83. The number of amides is 1. The van der Waals surface area contributed by atoms with Gasteiger partial charge in [-0.1, -0.05) is 25.4 Å². The Morgan fingerprint density at radius 1 is 1.30 bits per heavy atom. The largest absolute Gasteiger partial charge is 0.352 e. The van der Waals surface area contributed by atoms with Crippen molar-refractivity contribution in [1.29, 1.82) is 0 Å². The van der Waals surface area contributed by atoms with E-state index in [-0.39, 0.29) is 11.8 Å². The molecule has 6 nitrogen and oxygen atoms in total. The second-order valence-corrected chi connectivity index (χ2v) is 8.41. The average molecular weight is 370 g/mol. The van der Waals surface area contributed by atoms with Crippen LogP contribution in [0.1, 0.15) is 73.6 Å². The molecule has 0 spiro atoms. The van der Waals surface area contributed by atoms with Crippen LogP contribution in [0.4, 0.5) is 0 Å². The van der Waals surface area contributed by atoms with E-state index in [0.29, 0.717) is 28.9 Å². The lowest BCUT2D eigenvalue weighted by Crippen LogP contribution is -2.51. The van der Waals surface area contributed by atoms with Gasteiger partial charge in [0.25, 0.3) is 11.6 Å². The first-order valence-corrected chi connectivity index (χ1v) is 10.3. The Balaban J connectivity index is 1.53. The van der Waals surface area contributed by atoms with Gasteiger partial charge in [-0.05, 0) is 63.6 Å². The van der Waals surface area contributed by atoms with Gasteiger partial charge in [-0.3, -0.25) is 4.79 Å². The van der Waals surface area contributed by atoms with Gasteiger partial charge in [-0.25, -0.2) is 4.98 Å². The number of piperidine rings is 2. The highest BCUT2D eigenvalue weighted by atomic mass is 16.5. The third-order valence-electron chi connectivity index (χ3n) is 6.23. The normalized spacial score (nSPS) is 23.6. The third kappa shape index (κ3) is 3.59. The summed E-state index contributed by atoms with van der Waals surface area (Å²) in [5.74, 6) is 0.734. The molecule has 2 aromatic heterocycles. The highest BCUT2D eigenvalue weighted by Crippen LogP contribution is 2.31. The molecule has 2 aliphatic rings. The molecule has 0 aliphatic carbocycles. The smallest absolute Gasteiger partial charge is 0.259 e. The van der Waals surface area contributed by atoms with Crippen LogP contribution in [0.25, 0.3) is 11.1 Å². The van der Waals surface area contributed by atoms with E-state index < -0.39 is 0 Å². The zero-order valence-corrected chi connectivity index (χ0v) is 16.6. The average Bonchev–Trinajstić information content (AvgIpc) is 3.06. The summed E-state index contributed by atoms with van der Waals surface area (Å²) in [4.78, 5) is 20.2. The van der Waals surface area contributed by atoms with E-state index in [1.54, 1.807) is 0 Å². The van der Waals surface area contributed by atoms with E-state index in [1.165, 1.54) is 45.2 Å². The number of aromatic nitrogens is 2. The van der Waals surface area contributed by atoms with Gasteiger partial charge in [0.15, 0.2) is 0 Å². The molecule has 4 rings (SSSR count). The summed E-state index contributed by atoms with van der Waals surface area (Å²) in [6.45, 7) is 9.18. The highest BCUT2D eigenvalue weighted by molar-refractivity contribution is 6.06. The second-order valence-electron chi connectivity index (χ2n) is 8.41. The number of hydrogen-bond acceptors (Lipinski definition) is 5. The van der Waals surface area contributed by atoms with E-state index in [4.69, 9.17) is 4.52 Å². The maximum atomic E-state index is 13.1. The van der Waals surface area contributed by atoms with Crippen LogP contribution < -0.4 is 5.32 Å². The molecular weight excluding hydrogens is 340 g/mol. The summed E-state index contributed by atoms with van der Waals surface area (Å²) in [7, 11) is 0. The van der Waals surface area contributed by atoms with Crippen LogP contribution in [0.15, 0.2) is 10.6 Å². The minimum absolute atomic E-state index is 0.0384.